The van der Waals surface area contributed by atoms with Gasteiger partial charge in [-0.2, -0.15) is 0 Å². The molecule has 5 nitrogen and oxygen atoms in total. The van der Waals surface area contributed by atoms with Gasteiger partial charge in [-0.05, 0) is 18.4 Å². The molecule has 0 aromatic heterocycles. The molecule has 2 N–H and O–H groups in total. The lowest BCUT2D eigenvalue weighted by Gasteiger charge is -2.41. The highest BCUT2D eigenvalue weighted by atomic mass is 16.5. The van der Waals surface area contributed by atoms with Gasteiger partial charge in [-0.15, -0.1) is 0 Å². The van der Waals surface area contributed by atoms with Crippen molar-refractivity contribution in [2.24, 2.45) is 0 Å². The maximum atomic E-state index is 12.5. The average Bonchev–Trinajstić information content (AvgIpc) is 2.43. The predicted octanol–water partition coefficient (Wildman–Crippen LogP) is 1.71. The number of rotatable bonds is 7. The van der Waals surface area contributed by atoms with E-state index in [1.165, 1.54) is 7.11 Å². The van der Waals surface area contributed by atoms with Crippen LogP contribution in [-0.4, -0.2) is 36.7 Å². The second kappa shape index (κ2) is 6.72. The second-order valence-electron chi connectivity index (χ2n) is 5.47. The lowest BCUT2D eigenvalue weighted by molar-refractivity contribution is -0.140. The summed E-state index contributed by atoms with van der Waals surface area (Å²) in [5.74, 6) is -0.968. The van der Waals surface area contributed by atoms with Crippen LogP contribution in [0.5, 0.6) is 0 Å². The lowest BCUT2D eigenvalue weighted by atomic mass is 9.64. The van der Waals surface area contributed by atoms with Crippen LogP contribution in [0.25, 0.3) is 0 Å². The second-order valence-corrected chi connectivity index (χ2v) is 5.47. The van der Waals surface area contributed by atoms with Crippen molar-refractivity contribution in [1.82, 2.24) is 5.32 Å². The third kappa shape index (κ3) is 3.42. The van der Waals surface area contributed by atoms with Gasteiger partial charge >= 0.3 is 5.97 Å². The number of carboxylic acids is 1. The first-order chi connectivity index (χ1) is 10.1. The van der Waals surface area contributed by atoms with Crippen molar-refractivity contribution in [2.75, 3.05) is 13.7 Å². The monoisotopic (exact) mass is 291 g/mol. The number of methoxy groups -OCH3 is 1. The predicted molar refractivity (Wildman–Crippen MR) is 78.0 cm³/mol. The first-order valence-electron chi connectivity index (χ1n) is 7.17. The van der Waals surface area contributed by atoms with E-state index in [0.29, 0.717) is 0 Å². The maximum Gasteiger partial charge on any atom is 0.306 e. The summed E-state index contributed by atoms with van der Waals surface area (Å²) in [6, 6.07) is 9.76. The standard InChI is InChI=1S/C16H21NO4/c1-21-13(10-14(18)19)11-17-15(20)16(8-5-9-16)12-6-3-2-4-7-12/h2-4,6-7,13H,5,8-11H2,1H3,(H,17,20)(H,18,19). The molecule has 0 heterocycles. The van der Waals surface area contributed by atoms with Crippen LogP contribution in [-0.2, 0) is 19.7 Å². The van der Waals surface area contributed by atoms with E-state index in [-0.39, 0.29) is 18.9 Å². The molecular weight excluding hydrogens is 270 g/mol. The largest absolute Gasteiger partial charge is 0.481 e. The third-order valence-corrected chi connectivity index (χ3v) is 4.19. The van der Waals surface area contributed by atoms with Crippen LogP contribution >= 0.6 is 0 Å². The molecule has 1 aromatic carbocycles. The molecule has 1 aromatic rings. The average molecular weight is 291 g/mol. The SMILES string of the molecule is COC(CNC(=O)C1(c2ccccc2)CCC1)CC(=O)O. The summed E-state index contributed by atoms with van der Waals surface area (Å²) >= 11 is 0. The zero-order valence-corrected chi connectivity index (χ0v) is 12.2. The zero-order chi connectivity index (χ0) is 15.3. The smallest absolute Gasteiger partial charge is 0.306 e. The van der Waals surface area contributed by atoms with Gasteiger partial charge in [0.2, 0.25) is 5.91 Å². The van der Waals surface area contributed by atoms with Crippen molar-refractivity contribution in [3.8, 4) is 0 Å². The van der Waals surface area contributed by atoms with Gasteiger partial charge in [0.15, 0.2) is 0 Å². The van der Waals surface area contributed by atoms with E-state index >= 15 is 0 Å². The van der Waals surface area contributed by atoms with Crippen molar-refractivity contribution in [2.45, 2.75) is 37.2 Å². The fourth-order valence-corrected chi connectivity index (χ4v) is 2.74. The van der Waals surface area contributed by atoms with E-state index < -0.39 is 17.5 Å². The van der Waals surface area contributed by atoms with Crippen molar-refractivity contribution >= 4 is 11.9 Å². The maximum absolute atomic E-state index is 12.5. The molecule has 1 amide bonds. The summed E-state index contributed by atoms with van der Waals surface area (Å²) < 4.78 is 5.09. The van der Waals surface area contributed by atoms with Crippen molar-refractivity contribution in [1.29, 1.82) is 0 Å². The number of carbonyl (C=O) groups excluding carboxylic acids is 1. The molecule has 1 aliphatic carbocycles. The summed E-state index contributed by atoms with van der Waals surface area (Å²) in [5.41, 5.74) is 0.573. The minimum atomic E-state index is -0.933. The van der Waals surface area contributed by atoms with E-state index in [9.17, 15) is 9.59 Å². The van der Waals surface area contributed by atoms with E-state index in [2.05, 4.69) is 5.32 Å². The molecule has 0 bridgehead atoms. The Morgan fingerprint density at radius 1 is 1.33 bits per heavy atom. The molecule has 21 heavy (non-hydrogen) atoms. The highest BCUT2D eigenvalue weighted by Gasteiger charge is 2.45. The van der Waals surface area contributed by atoms with Gasteiger partial charge in [0.05, 0.1) is 17.9 Å². The number of nitrogens with one attached hydrogen (secondary N) is 1. The molecule has 114 valence electrons. The number of hydrogen-bond acceptors (Lipinski definition) is 3. The summed E-state index contributed by atoms with van der Waals surface area (Å²) in [6.45, 7) is 0.218. The Balaban J connectivity index is 2.00. The molecule has 1 atom stereocenters. The Labute approximate surface area is 124 Å². The van der Waals surface area contributed by atoms with Gasteiger partial charge in [-0.1, -0.05) is 36.8 Å². The highest BCUT2D eigenvalue weighted by molar-refractivity contribution is 5.89. The molecule has 0 aliphatic heterocycles. The molecule has 5 heteroatoms. The van der Waals surface area contributed by atoms with Gasteiger partial charge in [0.1, 0.15) is 0 Å². The summed E-state index contributed by atoms with van der Waals surface area (Å²) in [4.78, 5) is 23.2. The van der Waals surface area contributed by atoms with Gasteiger partial charge in [0.25, 0.3) is 0 Å². The number of amides is 1. The van der Waals surface area contributed by atoms with Gasteiger partial charge in [-0.25, -0.2) is 0 Å². The lowest BCUT2D eigenvalue weighted by Crippen LogP contribution is -2.51. The Morgan fingerprint density at radius 2 is 2.00 bits per heavy atom. The molecule has 1 aliphatic rings. The van der Waals surface area contributed by atoms with Gasteiger partial charge < -0.3 is 15.2 Å². The van der Waals surface area contributed by atoms with Crippen LogP contribution in [0.2, 0.25) is 0 Å². The number of ether oxygens (including phenoxy) is 1. The van der Waals surface area contributed by atoms with E-state index in [1.807, 2.05) is 30.3 Å². The fourth-order valence-electron chi connectivity index (χ4n) is 2.74. The zero-order valence-electron chi connectivity index (χ0n) is 12.2. The minimum absolute atomic E-state index is 0.0348. The molecule has 0 spiro atoms. The summed E-state index contributed by atoms with van der Waals surface area (Å²) in [7, 11) is 1.45. The molecule has 0 radical (unpaired) electrons. The van der Waals surface area contributed by atoms with Gasteiger partial charge in [-0.3, -0.25) is 9.59 Å². The van der Waals surface area contributed by atoms with E-state index in [0.717, 1.165) is 24.8 Å². The number of aliphatic carboxylic acids is 1. The minimum Gasteiger partial charge on any atom is -0.481 e. The van der Waals surface area contributed by atoms with Crippen LogP contribution in [0.3, 0.4) is 0 Å². The summed E-state index contributed by atoms with van der Waals surface area (Å²) in [6.07, 6.45) is 2.08. The van der Waals surface area contributed by atoms with Gasteiger partial charge in [0, 0.05) is 13.7 Å². The molecule has 2 rings (SSSR count). The Kier molecular flexibility index (Phi) is 4.96. The topological polar surface area (TPSA) is 75.6 Å². The van der Waals surface area contributed by atoms with E-state index in [4.69, 9.17) is 9.84 Å². The van der Waals surface area contributed by atoms with Crippen LogP contribution in [0.1, 0.15) is 31.2 Å². The van der Waals surface area contributed by atoms with Crippen LogP contribution in [0.4, 0.5) is 0 Å². The molecule has 1 saturated carbocycles. The Morgan fingerprint density at radius 3 is 2.48 bits per heavy atom. The Hall–Kier alpha value is -1.88. The van der Waals surface area contributed by atoms with Crippen molar-refractivity contribution in [3.63, 3.8) is 0 Å². The number of carbonyl (C=O) groups is 2. The molecule has 1 fully saturated rings. The first-order valence-corrected chi connectivity index (χ1v) is 7.17. The fraction of sp³-hybridized carbons (Fsp3) is 0.500. The normalized spacial score (nSPS) is 17.6. The van der Waals surface area contributed by atoms with Crippen LogP contribution in [0.15, 0.2) is 30.3 Å². The molecule has 1 unspecified atom stereocenters. The van der Waals surface area contributed by atoms with E-state index in [1.54, 1.807) is 0 Å². The third-order valence-electron chi connectivity index (χ3n) is 4.19. The first kappa shape index (κ1) is 15.5. The highest BCUT2D eigenvalue weighted by Crippen LogP contribution is 2.43. The van der Waals surface area contributed by atoms with Crippen molar-refractivity contribution in [3.05, 3.63) is 35.9 Å². The summed E-state index contributed by atoms with van der Waals surface area (Å²) in [5, 5.41) is 11.6. The molecular formula is C16H21NO4. The number of hydrogen-bond donors (Lipinski definition) is 2. The Bertz CT molecular complexity index is 496. The van der Waals surface area contributed by atoms with Crippen molar-refractivity contribution < 1.29 is 19.4 Å². The number of benzene rings is 1. The van der Waals surface area contributed by atoms with Crippen LogP contribution < -0.4 is 5.32 Å². The van der Waals surface area contributed by atoms with Crippen LogP contribution in [0, 0.1) is 0 Å². The number of carboxylic acid groups (broad SMARTS) is 1. The molecule has 0 saturated heterocycles. The quantitative estimate of drug-likeness (QED) is 0.802.